The maximum Gasteiger partial charge on any atom is 0.150 e. The molecule has 0 saturated heterocycles. The zero-order valence-corrected chi connectivity index (χ0v) is 6.90. The van der Waals surface area contributed by atoms with Gasteiger partial charge in [-0.05, 0) is 18.2 Å². The molecular formula is C7H6OS2. The topological polar surface area (TPSA) is 17.1 Å². The van der Waals surface area contributed by atoms with Crippen LogP contribution in [0.5, 0.6) is 0 Å². The summed E-state index contributed by atoms with van der Waals surface area (Å²) in [6.45, 7) is 0. The zero-order valence-electron chi connectivity index (χ0n) is 5.11. The van der Waals surface area contributed by atoms with Crippen LogP contribution in [0.25, 0.3) is 0 Å². The maximum absolute atomic E-state index is 10.2. The summed E-state index contributed by atoms with van der Waals surface area (Å²) < 4.78 is 0. The molecule has 0 aromatic heterocycles. The zero-order chi connectivity index (χ0) is 7.56. The number of benzene rings is 1. The fraction of sp³-hybridized carbons (Fsp3) is 0. The average molecular weight is 170 g/mol. The molecular weight excluding hydrogens is 164 g/mol. The van der Waals surface area contributed by atoms with Crippen LogP contribution in [-0.4, -0.2) is 6.29 Å². The first-order valence-corrected chi connectivity index (χ1v) is 3.60. The van der Waals surface area contributed by atoms with E-state index in [0.717, 1.165) is 16.1 Å². The molecule has 1 rings (SSSR count). The van der Waals surface area contributed by atoms with Gasteiger partial charge in [0.05, 0.1) is 0 Å². The Labute approximate surface area is 70.3 Å². The van der Waals surface area contributed by atoms with Gasteiger partial charge in [0.15, 0.2) is 0 Å². The summed E-state index contributed by atoms with van der Waals surface area (Å²) in [6.07, 6.45) is 0.777. The minimum absolute atomic E-state index is 0.609. The fourth-order valence-electron chi connectivity index (χ4n) is 0.686. The molecule has 10 heavy (non-hydrogen) atoms. The lowest BCUT2D eigenvalue weighted by atomic mass is 10.2. The van der Waals surface area contributed by atoms with Crippen molar-refractivity contribution in [3.05, 3.63) is 23.8 Å². The lowest BCUT2D eigenvalue weighted by molar-refractivity contribution is 0.112. The van der Waals surface area contributed by atoms with Crippen LogP contribution in [0.3, 0.4) is 0 Å². The monoisotopic (exact) mass is 170 g/mol. The molecule has 1 aromatic carbocycles. The smallest absolute Gasteiger partial charge is 0.150 e. The lowest BCUT2D eigenvalue weighted by Crippen LogP contribution is -1.79. The molecule has 0 aliphatic rings. The van der Waals surface area contributed by atoms with Crippen LogP contribution in [-0.2, 0) is 0 Å². The number of hydrogen-bond donors (Lipinski definition) is 2. The Hall–Kier alpha value is -0.410. The summed E-state index contributed by atoms with van der Waals surface area (Å²) >= 11 is 8.14. The van der Waals surface area contributed by atoms with E-state index in [1.54, 1.807) is 18.2 Å². The number of carbonyl (C=O) groups is 1. The average Bonchev–Trinajstić information content (AvgIpc) is 1.85. The highest BCUT2D eigenvalue weighted by molar-refractivity contribution is 7.81. The second-order valence-electron chi connectivity index (χ2n) is 1.90. The van der Waals surface area contributed by atoms with E-state index >= 15 is 0 Å². The Morgan fingerprint density at radius 1 is 1.10 bits per heavy atom. The molecule has 0 unspecified atom stereocenters. The van der Waals surface area contributed by atoms with Crippen LogP contribution < -0.4 is 0 Å². The van der Waals surface area contributed by atoms with Crippen LogP contribution in [0.4, 0.5) is 0 Å². The standard InChI is InChI=1S/C7H6OS2/c8-4-5-1-6(9)3-7(10)2-5/h1-4,9-10H. The van der Waals surface area contributed by atoms with E-state index < -0.39 is 0 Å². The van der Waals surface area contributed by atoms with Gasteiger partial charge in [-0.1, -0.05) is 0 Å². The van der Waals surface area contributed by atoms with E-state index in [4.69, 9.17) is 0 Å². The van der Waals surface area contributed by atoms with Gasteiger partial charge < -0.3 is 0 Å². The molecule has 0 spiro atoms. The maximum atomic E-state index is 10.2. The van der Waals surface area contributed by atoms with Gasteiger partial charge in [-0.2, -0.15) is 0 Å². The quantitative estimate of drug-likeness (QED) is 0.487. The Kier molecular flexibility index (Phi) is 2.40. The van der Waals surface area contributed by atoms with Gasteiger partial charge in [-0.3, -0.25) is 4.79 Å². The number of carbonyl (C=O) groups excluding carboxylic acids is 1. The second kappa shape index (κ2) is 3.12. The first-order chi connectivity index (χ1) is 4.72. The van der Waals surface area contributed by atoms with E-state index in [2.05, 4.69) is 25.3 Å². The van der Waals surface area contributed by atoms with Crippen LogP contribution in [0.2, 0.25) is 0 Å². The Morgan fingerprint density at radius 2 is 1.60 bits per heavy atom. The van der Waals surface area contributed by atoms with Crippen molar-refractivity contribution in [2.75, 3.05) is 0 Å². The molecule has 0 aliphatic heterocycles. The molecule has 3 heteroatoms. The molecule has 0 heterocycles. The highest BCUT2D eigenvalue weighted by Crippen LogP contribution is 2.14. The molecule has 52 valence electrons. The first kappa shape index (κ1) is 7.69. The third kappa shape index (κ3) is 1.78. The predicted molar refractivity (Wildman–Crippen MR) is 46.3 cm³/mol. The largest absolute Gasteiger partial charge is 0.298 e. The summed E-state index contributed by atoms with van der Waals surface area (Å²) in [4.78, 5) is 11.8. The van der Waals surface area contributed by atoms with Crippen molar-refractivity contribution in [3.8, 4) is 0 Å². The molecule has 0 fully saturated rings. The van der Waals surface area contributed by atoms with Crippen LogP contribution in [0, 0.1) is 0 Å². The molecule has 0 bridgehead atoms. The van der Waals surface area contributed by atoms with Gasteiger partial charge >= 0.3 is 0 Å². The minimum Gasteiger partial charge on any atom is -0.298 e. The van der Waals surface area contributed by atoms with Gasteiger partial charge in [0.2, 0.25) is 0 Å². The first-order valence-electron chi connectivity index (χ1n) is 2.70. The highest BCUT2D eigenvalue weighted by Gasteiger charge is 1.92. The summed E-state index contributed by atoms with van der Waals surface area (Å²) in [5, 5.41) is 0. The lowest BCUT2D eigenvalue weighted by Gasteiger charge is -1.94. The van der Waals surface area contributed by atoms with Crippen molar-refractivity contribution in [3.63, 3.8) is 0 Å². The third-order valence-corrected chi connectivity index (χ3v) is 1.58. The third-order valence-electron chi connectivity index (χ3n) is 1.06. The van der Waals surface area contributed by atoms with Crippen LogP contribution >= 0.6 is 25.3 Å². The van der Waals surface area contributed by atoms with Crippen molar-refractivity contribution >= 4 is 31.5 Å². The Balaban J connectivity index is 3.18. The van der Waals surface area contributed by atoms with E-state index in [9.17, 15) is 4.79 Å². The molecule has 0 radical (unpaired) electrons. The summed E-state index contributed by atoms with van der Waals surface area (Å²) in [7, 11) is 0. The van der Waals surface area contributed by atoms with E-state index in [0.29, 0.717) is 5.56 Å². The van der Waals surface area contributed by atoms with E-state index in [1.165, 1.54) is 0 Å². The molecule has 0 saturated carbocycles. The number of thiol groups is 2. The summed E-state index contributed by atoms with van der Waals surface area (Å²) in [5.74, 6) is 0. The van der Waals surface area contributed by atoms with E-state index in [1.807, 2.05) is 0 Å². The molecule has 0 aliphatic carbocycles. The van der Waals surface area contributed by atoms with Crippen LogP contribution in [0.15, 0.2) is 28.0 Å². The molecule has 1 nitrogen and oxygen atoms in total. The normalized spacial score (nSPS) is 9.40. The molecule has 0 N–H and O–H groups in total. The van der Waals surface area contributed by atoms with Crippen molar-refractivity contribution in [1.82, 2.24) is 0 Å². The van der Waals surface area contributed by atoms with Gasteiger partial charge in [0, 0.05) is 15.4 Å². The van der Waals surface area contributed by atoms with Gasteiger partial charge in [-0.15, -0.1) is 25.3 Å². The SMILES string of the molecule is O=Cc1cc(S)cc(S)c1. The van der Waals surface area contributed by atoms with Crippen molar-refractivity contribution in [2.24, 2.45) is 0 Å². The fourth-order valence-corrected chi connectivity index (χ4v) is 1.36. The summed E-state index contributed by atoms with van der Waals surface area (Å²) in [5.41, 5.74) is 0.609. The van der Waals surface area contributed by atoms with Gasteiger partial charge in [0.1, 0.15) is 6.29 Å². The van der Waals surface area contributed by atoms with Gasteiger partial charge in [-0.25, -0.2) is 0 Å². The molecule has 0 amide bonds. The number of rotatable bonds is 1. The molecule has 1 aromatic rings. The van der Waals surface area contributed by atoms with Crippen molar-refractivity contribution in [2.45, 2.75) is 9.79 Å². The predicted octanol–water partition coefficient (Wildman–Crippen LogP) is 2.08. The number of aldehydes is 1. The van der Waals surface area contributed by atoms with Gasteiger partial charge in [0.25, 0.3) is 0 Å². The molecule has 0 atom stereocenters. The van der Waals surface area contributed by atoms with Crippen molar-refractivity contribution in [1.29, 1.82) is 0 Å². The Bertz CT molecular complexity index is 238. The number of hydrogen-bond acceptors (Lipinski definition) is 3. The van der Waals surface area contributed by atoms with Crippen LogP contribution in [0.1, 0.15) is 10.4 Å². The second-order valence-corrected chi connectivity index (χ2v) is 2.93. The van der Waals surface area contributed by atoms with E-state index in [-0.39, 0.29) is 0 Å². The Morgan fingerprint density at radius 3 is 2.00 bits per heavy atom. The summed E-state index contributed by atoms with van der Waals surface area (Å²) in [6, 6.07) is 5.16. The highest BCUT2D eigenvalue weighted by atomic mass is 32.1. The van der Waals surface area contributed by atoms with Crippen molar-refractivity contribution < 1.29 is 4.79 Å². The minimum atomic E-state index is 0.609.